The molecule has 0 spiro atoms. The van der Waals surface area contributed by atoms with E-state index in [4.69, 9.17) is 23.8 Å². The third-order valence-corrected chi connectivity index (χ3v) is 2.30. The van der Waals surface area contributed by atoms with Crippen molar-refractivity contribution in [3.63, 3.8) is 0 Å². The normalized spacial score (nSPS) is 11.5. The lowest BCUT2D eigenvalue weighted by Gasteiger charge is -2.21. The van der Waals surface area contributed by atoms with Crippen LogP contribution in [0.1, 0.15) is 26.3 Å². The van der Waals surface area contributed by atoms with E-state index in [0.29, 0.717) is 10.1 Å². The Hall–Kier alpha value is -1.13. The number of benzene rings is 1. The topological polar surface area (TPSA) is 36.4 Å². The molecular formula is C12H16ClN3S. The van der Waals surface area contributed by atoms with Crippen molar-refractivity contribution in [1.82, 2.24) is 10.7 Å². The number of nitrogens with zero attached hydrogens (tertiary/aromatic N) is 1. The minimum absolute atomic E-state index is 0.0794. The van der Waals surface area contributed by atoms with Crippen LogP contribution in [0.2, 0.25) is 5.02 Å². The molecule has 0 aliphatic carbocycles. The second-order valence-electron chi connectivity index (χ2n) is 4.60. The largest absolute Gasteiger partial charge is 0.357 e. The van der Waals surface area contributed by atoms with E-state index < -0.39 is 0 Å². The summed E-state index contributed by atoms with van der Waals surface area (Å²) in [7, 11) is 0. The summed E-state index contributed by atoms with van der Waals surface area (Å²) >= 11 is 11.1. The number of hydrazone groups is 1. The fraction of sp³-hybridized carbons (Fsp3) is 0.333. The van der Waals surface area contributed by atoms with E-state index in [9.17, 15) is 0 Å². The first-order valence-corrected chi connectivity index (χ1v) is 6.03. The monoisotopic (exact) mass is 269 g/mol. The zero-order chi connectivity index (χ0) is 12.9. The Labute approximate surface area is 112 Å². The summed E-state index contributed by atoms with van der Waals surface area (Å²) in [6.07, 6.45) is 1.64. The van der Waals surface area contributed by atoms with Crippen LogP contribution in [-0.4, -0.2) is 16.9 Å². The summed E-state index contributed by atoms with van der Waals surface area (Å²) in [4.78, 5) is 0. The van der Waals surface area contributed by atoms with Gasteiger partial charge in [0.15, 0.2) is 5.11 Å². The molecule has 0 fully saturated rings. The lowest BCUT2D eigenvalue weighted by atomic mass is 10.1. The fourth-order valence-corrected chi connectivity index (χ4v) is 1.65. The zero-order valence-corrected chi connectivity index (χ0v) is 11.7. The first-order chi connectivity index (χ1) is 7.88. The van der Waals surface area contributed by atoms with Gasteiger partial charge in [-0.15, -0.1) is 0 Å². The summed E-state index contributed by atoms with van der Waals surface area (Å²) in [5.74, 6) is 0. The molecule has 0 aliphatic rings. The molecule has 1 rings (SSSR count). The van der Waals surface area contributed by atoms with Gasteiger partial charge < -0.3 is 5.32 Å². The molecule has 1 aromatic rings. The molecular weight excluding hydrogens is 254 g/mol. The zero-order valence-electron chi connectivity index (χ0n) is 10.1. The predicted molar refractivity (Wildman–Crippen MR) is 77.7 cm³/mol. The van der Waals surface area contributed by atoms with Crippen LogP contribution in [-0.2, 0) is 0 Å². The Morgan fingerprint density at radius 3 is 2.59 bits per heavy atom. The van der Waals surface area contributed by atoms with Crippen molar-refractivity contribution < 1.29 is 0 Å². The first-order valence-electron chi connectivity index (χ1n) is 5.24. The molecule has 0 saturated carbocycles. The van der Waals surface area contributed by atoms with Gasteiger partial charge >= 0.3 is 0 Å². The van der Waals surface area contributed by atoms with Crippen molar-refractivity contribution in [2.45, 2.75) is 26.3 Å². The molecule has 0 saturated heterocycles. The van der Waals surface area contributed by atoms with Gasteiger partial charge in [-0.2, -0.15) is 5.10 Å². The van der Waals surface area contributed by atoms with Gasteiger partial charge in [0.25, 0.3) is 0 Å². The SMILES string of the molecule is CC(C)(C)NC(=S)N/N=C\c1ccccc1Cl. The molecule has 3 nitrogen and oxygen atoms in total. The lowest BCUT2D eigenvalue weighted by molar-refractivity contribution is 0.508. The molecule has 0 amide bonds. The minimum atomic E-state index is -0.0794. The quantitative estimate of drug-likeness (QED) is 0.492. The average molecular weight is 270 g/mol. The van der Waals surface area contributed by atoms with Gasteiger partial charge in [-0.25, -0.2) is 0 Å². The Morgan fingerprint density at radius 1 is 1.35 bits per heavy atom. The lowest BCUT2D eigenvalue weighted by Crippen LogP contribution is -2.44. The van der Waals surface area contributed by atoms with Gasteiger partial charge in [0, 0.05) is 16.1 Å². The Kier molecular flexibility index (Phi) is 4.90. The van der Waals surface area contributed by atoms with E-state index in [1.807, 2.05) is 45.0 Å². The number of nitrogens with one attached hydrogen (secondary N) is 2. The molecule has 0 heterocycles. The van der Waals surface area contributed by atoms with Crippen molar-refractivity contribution in [2.75, 3.05) is 0 Å². The highest BCUT2D eigenvalue weighted by atomic mass is 35.5. The summed E-state index contributed by atoms with van der Waals surface area (Å²) in [6.45, 7) is 6.08. The van der Waals surface area contributed by atoms with Gasteiger partial charge in [-0.3, -0.25) is 5.43 Å². The predicted octanol–water partition coefficient (Wildman–Crippen LogP) is 2.94. The Balaban J connectivity index is 2.51. The van der Waals surface area contributed by atoms with Gasteiger partial charge in [0.1, 0.15) is 0 Å². The molecule has 0 bridgehead atoms. The van der Waals surface area contributed by atoms with Crippen LogP contribution >= 0.6 is 23.8 Å². The van der Waals surface area contributed by atoms with E-state index in [2.05, 4.69) is 15.8 Å². The highest BCUT2D eigenvalue weighted by Crippen LogP contribution is 2.11. The van der Waals surface area contributed by atoms with Gasteiger partial charge in [-0.1, -0.05) is 29.8 Å². The molecule has 0 radical (unpaired) electrons. The maximum absolute atomic E-state index is 5.98. The van der Waals surface area contributed by atoms with Gasteiger partial charge in [0.2, 0.25) is 0 Å². The molecule has 0 aliphatic heterocycles. The summed E-state index contributed by atoms with van der Waals surface area (Å²) in [5, 5.41) is 8.26. The van der Waals surface area contributed by atoms with Crippen molar-refractivity contribution in [1.29, 1.82) is 0 Å². The summed E-state index contributed by atoms with van der Waals surface area (Å²) < 4.78 is 0. The molecule has 17 heavy (non-hydrogen) atoms. The van der Waals surface area contributed by atoms with E-state index in [1.54, 1.807) is 6.21 Å². The van der Waals surface area contributed by atoms with Crippen LogP contribution in [0, 0.1) is 0 Å². The maximum atomic E-state index is 5.98. The molecule has 5 heteroatoms. The van der Waals surface area contributed by atoms with Crippen molar-refractivity contribution in [3.05, 3.63) is 34.9 Å². The van der Waals surface area contributed by atoms with Gasteiger partial charge in [-0.05, 0) is 39.1 Å². The van der Waals surface area contributed by atoms with Crippen LogP contribution in [0.25, 0.3) is 0 Å². The van der Waals surface area contributed by atoms with Crippen molar-refractivity contribution in [3.8, 4) is 0 Å². The smallest absolute Gasteiger partial charge is 0.187 e. The molecule has 0 unspecified atom stereocenters. The van der Waals surface area contributed by atoms with Crippen LogP contribution in [0.15, 0.2) is 29.4 Å². The molecule has 2 N–H and O–H groups in total. The van der Waals surface area contributed by atoms with E-state index >= 15 is 0 Å². The number of halogens is 1. The van der Waals surface area contributed by atoms with E-state index in [1.165, 1.54) is 0 Å². The molecule has 0 aromatic heterocycles. The first kappa shape index (κ1) is 13.9. The Bertz CT molecular complexity index is 424. The van der Waals surface area contributed by atoms with Crippen molar-refractivity contribution in [2.24, 2.45) is 5.10 Å². The second kappa shape index (κ2) is 5.98. The third-order valence-electron chi connectivity index (χ3n) is 1.76. The second-order valence-corrected chi connectivity index (χ2v) is 5.41. The van der Waals surface area contributed by atoms with Crippen molar-refractivity contribution >= 4 is 35.1 Å². The summed E-state index contributed by atoms with van der Waals surface area (Å²) in [5.41, 5.74) is 3.51. The maximum Gasteiger partial charge on any atom is 0.187 e. The molecule has 1 aromatic carbocycles. The fourth-order valence-electron chi connectivity index (χ4n) is 1.11. The number of thiocarbonyl (C=S) groups is 1. The van der Waals surface area contributed by atoms with Crippen LogP contribution in [0.5, 0.6) is 0 Å². The standard InChI is InChI=1S/C12H16ClN3S/c1-12(2,3)15-11(17)16-14-8-9-6-4-5-7-10(9)13/h4-8H,1-3H3,(H2,15,16,17)/b14-8-. The Morgan fingerprint density at radius 2 is 2.00 bits per heavy atom. The van der Waals surface area contributed by atoms with Crippen LogP contribution in [0.3, 0.4) is 0 Å². The number of hydrogen-bond donors (Lipinski definition) is 2. The van der Waals surface area contributed by atoms with Crippen LogP contribution in [0.4, 0.5) is 0 Å². The highest BCUT2D eigenvalue weighted by Gasteiger charge is 2.09. The van der Waals surface area contributed by atoms with Gasteiger partial charge in [0.05, 0.1) is 6.21 Å². The van der Waals surface area contributed by atoms with Crippen LogP contribution < -0.4 is 10.7 Å². The highest BCUT2D eigenvalue weighted by molar-refractivity contribution is 7.80. The number of rotatable bonds is 2. The minimum Gasteiger partial charge on any atom is -0.357 e. The summed E-state index contributed by atoms with van der Waals surface area (Å²) in [6, 6.07) is 7.47. The molecule has 92 valence electrons. The van der Waals surface area contributed by atoms with E-state index in [0.717, 1.165) is 5.56 Å². The third kappa shape index (κ3) is 5.65. The molecule has 0 atom stereocenters. The average Bonchev–Trinajstić information content (AvgIpc) is 2.18. The van der Waals surface area contributed by atoms with E-state index in [-0.39, 0.29) is 5.54 Å². The number of hydrogen-bond acceptors (Lipinski definition) is 2.